The number of aromatic nitrogens is 2. The summed E-state index contributed by atoms with van der Waals surface area (Å²) in [5.74, 6) is 0.432. The lowest BCUT2D eigenvalue weighted by atomic mass is 9.92. The Labute approximate surface area is 77.0 Å². The molecule has 5 heteroatoms. The summed E-state index contributed by atoms with van der Waals surface area (Å²) in [6, 6.07) is 1.78. The molecule has 0 fully saturated rings. The number of nitrogens with zero attached hydrogens (tertiary/aromatic N) is 2. The third-order valence-corrected chi connectivity index (χ3v) is 1.75. The molecule has 0 atom stereocenters. The fourth-order valence-corrected chi connectivity index (χ4v) is 1.19. The topological polar surface area (TPSA) is 73.3 Å². The highest BCUT2D eigenvalue weighted by Gasteiger charge is 2.20. The van der Waals surface area contributed by atoms with E-state index in [9.17, 15) is 0 Å². The van der Waals surface area contributed by atoms with Crippen molar-refractivity contribution in [3.8, 4) is 0 Å². The average molecular weight is 185 g/mol. The Morgan fingerprint density at radius 3 is 2.69 bits per heavy atom. The predicted molar refractivity (Wildman–Crippen MR) is 49.1 cm³/mol. The smallest absolute Gasteiger partial charge is 0.174 e. The minimum atomic E-state index is -0.0663. The van der Waals surface area contributed by atoms with Gasteiger partial charge in [-0.2, -0.15) is 5.10 Å². The molecule has 13 heavy (non-hydrogen) atoms. The van der Waals surface area contributed by atoms with Crippen LogP contribution in [-0.2, 0) is 17.0 Å². The van der Waals surface area contributed by atoms with Gasteiger partial charge >= 0.3 is 0 Å². The SMILES string of the molecule is CC(C)(C)c1cc(N)nn1COO. The second kappa shape index (κ2) is 3.35. The molecule has 0 spiro atoms. The Balaban J connectivity index is 3.04. The number of nitrogen functional groups attached to an aromatic ring is 1. The van der Waals surface area contributed by atoms with Gasteiger partial charge in [-0.05, 0) is 0 Å². The van der Waals surface area contributed by atoms with Crippen LogP contribution >= 0.6 is 0 Å². The van der Waals surface area contributed by atoms with Crippen LogP contribution in [0.15, 0.2) is 6.07 Å². The summed E-state index contributed by atoms with van der Waals surface area (Å²) in [4.78, 5) is 4.02. The highest BCUT2D eigenvalue weighted by molar-refractivity contribution is 5.32. The maximum absolute atomic E-state index is 8.32. The molecule has 1 rings (SSSR count). The summed E-state index contributed by atoms with van der Waals surface area (Å²) in [5.41, 5.74) is 6.40. The van der Waals surface area contributed by atoms with E-state index in [1.165, 1.54) is 4.68 Å². The molecule has 0 saturated heterocycles. The molecule has 0 aliphatic rings. The second-order valence-electron chi connectivity index (χ2n) is 3.96. The number of nitrogens with two attached hydrogens (primary N) is 1. The van der Waals surface area contributed by atoms with Gasteiger partial charge in [-0.3, -0.25) is 0 Å². The molecule has 5 nitrogen and oxygen atoms in total. The molecule has 0 aliphatic heterocycles. The van der Waals surface area contributed by atoms with Crippen LogP contribution in [0.3, 0.4) is 0 Å². The van der Waals surface area contributed by atoms with Crippen LogP contribution in [0.4, 0.5) is 5.82 Å². The highest BCUT2D eigenvalue weighted by atomic mass is 17.1. The zero-order valence-electron chi connectivity index (χ0n) is 8.11. The van der Waals surface area contributed by atoms with Gasteiger partial charge in [-0.15, -0.1) is 0 Å². The van der Waals surface area contributed by atoms with E-state index < -0.39 is 0 Å². The molecule has 3 N–H and O–H groups in total. The minimum Gasteiger partial charge on any atom is -0.382 e. The maximum Gasteiger partial charge on any atom is 0.174 e. The fraction of sp³-hybridized carbons (Fsp3) is 0.625. The first kappa shape index (κ1) is 10.0. The van der Waals surface area contributed by atoms with Crippen LogP contribution < -0.4 is 5.73 Å². The molecule has 0 amide bonds. The van der Waals surface area contributed by atoms with Crippen LogP contribution in [0.1, 0.15) is 26.5 Å². The molecule has 1 aromatic rings. The molecule has 0 unspecified atom stereocenters. The predicted octanol–water partition coefficient (Wildman–Crippen LogP) is 1.21. The van der Waals surface area contributed by atoms with Gasteiger partial charge in [0.1, 0.15) is 5.82 Å². The number of hydrogen-bond acceptors (Lipinski definition) is 4. The van der Waals surface area contributed by atoms with E-state index in [4.69, 9.17) is 11.0 Å². The second-order valence-corrected chi connectivity index (χ2v) is 3.96. The lowest BCUT2D eigenvalue weighted by Crippen LogP contribution is -2.19. The Morgan fingerprint density at radius 2 is 2.23 bits per heavy atom. The molecule has 1 heterocycles. The summed E-state index contributed by atoms with van der Waals surface area (Å²) >= 11 is 0. The summed E-state index contributed by atoms with van der Waals surface area (Å²) in [6.07, 6.45) is 0. The minimum absolute atomic E-state index is 0.00377. The van der Waals surface area contributed by atoms with Gasteiger partial charge < -0.3 is 5.73 Å². The summed E-state index contributed by atoms with van der Waals surface area (Å²) in [5, 5.41) is 12.3. The summed E-state index contributed by atoms with van der Waals surface area (Å²) in [7, 11) is 0. The first-order chi connectivity index (χ1) is 5.95. The zero-order valence-corrected chi connectivity index (χ0v) is 8.11. The third-order valence-electron chi connectivity index (χ3n) is 1.75. The highest BCUT2D eigenvalue weighted by Crippen LogP contribution is 2.23. The van der Waals surface area contributed by atoms with E-state index in [0.29, 0.717) is 5.82 Å². The van der Waals surface area contributed by atoms with Crippen molar-refractivity contribution in [1.82, 2.24) is 9.78 Å². The van der Waals surface area contributed by atoms with Crippen LogP contribution in [-0.4, -0.2) is 15.0 Å². The van der Waals surface area contributed by atoms with Gasteiger partial charge in [-0.1, -0.05) is 20.8 Å². The monoisotopic (exact) mass is 185 g/mol. The maximum atomic E-state index is 8.32. The molecule has 74 valence electrons. The van der Waals surface area contributed by atoms with E-state index in [1.54, 1.807) is 6.07 Å². The lowest BCUT2D eigenvalue weighted by molar-refractivity contribution is -0.271. The normalized spacial score (nSPS) is 12.0. The van der Waals surface area contributed by atoms with Gasteiger partial charge in [0.2, 0.25) is 0 Å². The lowest BCUT2D eigenvalue weighted by Gasteiger charge is -2.18. The molecule has 0 radical (unpaired) electrons. The number of rotatable bonds is 2. The van der Waals surface area contributed by atoms with Crippen molar-refractivity contribution in [2.75, 3.05) is 5.73 Å². The molecule has 0 bridgehead atoms. The van der Waals surface area contributed by atoms with Gasteiger partial charge in [0, 0.05) is 17.2 Å². The van der Waals surface area contributed by atoms with Crippen molar-refractivity contribution in [3.63, 3.8) is 0 Å². The largest absolute Gasteiger partial charge is 0.382 e. The molecule has 0 saturated carbocycles. The third kappa shape index (κ3) is 2.19. The molecule has 1 aromatic heterocycles. The summed E-state index contributed by atoms with van der Waals surface area (Å²) in [6.45, 7) is 6.12. The number of anilines is 1. The first-order valence-electron chi connectivity index (χ1n) is 4.05. The van der Waals surface area contributed by atoms with Crippen molar-refractivity contribution < 1.29 is 10.1 Å². The van der Waals surface area contributed by atoms with E-state index in [0.717, 1.165) is 5.69 Å². The standard InChI is InChI=1S/C8H15N3O2/c1-8(2,3)6-4-7(9)10-11(6)5-13-12/h4,12H,5H2,1-3H3,(H2,9,10). The number of hydrogen-bond donors (Lipinski definition) is 2. The van der Waals surface area contributed by atoms with Crippen molar-refractivity contribution in [3.05, 3.63) is 11.8 Å². The van der Waals surface area contributed by atoms with Crippen LogP contribution in [0.25, 0.3) is 0 Å². The van der Waals surface area contributed by atoms with E-state index in [2.05, 4.69) is 9.99 Å². The van der Waals surface area contributed by atoms with Gasteiger partial charge in [0.25, 0.3) is 0 Å². The first-order valence-corrected chi connectivity index (χ1v) is 4.05. The van der Waals surface area contributed by atoms with E-state index >= 15 is 0 Å². The molecular formula is C8H15N3O2. The zero-order chi connectivity index (χ0) is 10.1. The van der Waals surface area contributed by atoms with Crippen molar-refractivity contribution in [1.29, 1.82) is 0 Å². The van der Waals surface area contributed by atoms with Crippen molar-refractivity contribution >= 4 is 5.82 Å². The molecule has 0 aliphatic carbocycles. The van der Waals surface area contributed by atoms with E-state index in [1.807, 2.05) is 20.8 Å². The average Bonchev–Trinajstić information content (AvgIpc) is 2.30. The van der Waals surface area contributed by atoms with Gasteiger partial charge in [0.15, 0.2) is 6.73 Å². The molecule has 0 aromatic carbocycles. The van der Waals surface area contributed by atoms with Crippen LogP contribution in [0, 0.1) is 0 Å². The molecular weight excluding hydrogens is 170 g/mol. The Bertz CT molecular complexity index is 288. The van der Waals surface area contributed by atoms with Gasteiger partial charge in [-0.25, -0.2) is 14.8 Å². The van der Waals surface area contributed by atoms with Crippen molar-refractivity contribution in [2.45, 2.75) is 32.9 Å². The summed E-state index contributed by atoms with van der Waals surface area (Å²) < 4.78 is 1.54. The van der Waals surface area contributed by atoms with Gasteiger partial charge in [0.05, 0.1) is 0 Å². The van der Waals surface area contributed by atoms with Crippen molar-refractivity contribution in [2.24, 2.45) is 0 Å². The Kier molecular flexibility index (Phi) is 2.58. The quantitative estimate of drug-likeness (QED) is 0.536. The van der Waals surface area contributed by atoms with E-state index in [-0.39, 0.29) is 12.1 Å². The Hall–Kier alpha value is -1.07. The fourth-order valence-electron chi connectivity index (χ4n) is 1.19. The van der Waals surface area contributed by atoms with Crippen LogP contribution in [0.2, 0.25) is 0 Å². The van der Waals surface area contributed by atoms with Crippen LogP contribution in [0.5, 0.6) is 0 Å². The Morgan fingerprint density at radius 1 is 1.62 bits per heavy atom.